The summed E-state index contributed by atoms with van der Waals surface area (Å²) in [5.41, 5.74) is 2.31. The van der Waals surface area contributed by atoms with E-state index in [1.165, 1.54) is 23.1 Å². The Morgan fingerprint density at radius 1 is 1.10 bits per heavy atom. The predicted molar refractivity (Wildman–Crippen MR) is 122 cm³/mol. The summed E-state index contributed by atoms with van der Waals surface area (Å²) in [7, 11) is 0. The van der Waals surface area contributed by atoms with Gasteiger partial charge in [0.2, 0.25) is 11.8 Å². The number of aromatic nitrogens is 1. The first-order chi connectivity index (χ1) is 14.0. The minimum absolute atomic E-state index is 0.00881. The first-order valence-electron chi connectivity index (χ1n) is 9.08. The molecule has 0 aliphatic carbocycles. The van der Waals surface area contributed by atoms with E-state index in [0.29, 0.717) is 16.6 Å². The molecule has 2 amide bonds. The van der Waals surface area contributed by atoms with Gasteiger partial charge in [0.1, 0.15) is 0 Å². The molecule has 2 aromatic carbocycles. The molecule has 0 atom stereocenters. The first kappa shape index (κ1) is 21.4. The lowest BCUT2D eigenvalue weighted by atomic mass is 10.2. The number of nitrogens with one attached hydrogen (secondary N) is 2. The van der Waals surface area contributed by atoms with Crippen LogP contribution in [0.4, 0.5) is 10.8 Å². The molecular formula is C21H20ClN3O2S2. The summed E-state index contributed by atoms with van der Waals surface area (Å²) >= 11 is 8.96. The van der Waals surface area contributed by atoms with Crippen LogP contribution in [-0.4, -0.2) is 22.6 Å². The molecule has 0 aliphatic heterocycles. The molecule has 0 spiro atoms. The molecule has 0 saturated heterocycles. The van der Waals surface area contributed by atoms with Crippen molar-refractivity contribution in [1.82, 2.24) is 4.98 Å². The third-order valence-electron chi connectivity index (χ3n) is 3.87. The second kappa shape index (κ2) is 10.4. The summed E-state index contributed by atoms with van der Waals surface area (Å²) in [6.45, 7) is 1.96. The average Bonchev–Trinajstić information content (AvgIpc) is 3.15. The molecule has 8 heteroatoms. The van der Waals surface area contributed by atoms with Gasteiger partial charge in [-0.25, -0.2) is 4.98 Å². The number of halogens is 1. The molecule has 0 radical (unpaired) electrons. The number of hydrogen-bond acceptors (Lipinski definition) is 5. The van der Waals surface area contributed by atoms with Gasteiger partial charge in [-0.15, -0.1) is 23.1 Å². The zero-order chi connectivity index (χ0) is 20.6. The number of hydrogen-bond donors (Lipinski definition) is 2. The van der Waals surface area contributed by atoms with E-state index in [9.17, 15) is 9.59 Å². The van der Waals surface area contributed by atoms with Crippen molar-refractivity contribution in [1.29, 1.82) is 0 Å². The Morgan fingerprint density at radius 2 is 1.93 bits per heavy atom. The zero-order valence-corrected chi connectivity index (χ0v) is 18.2. The molecule has 3 rings (SSSR count). The van der Waals surface area contributed by atoms with Crippen molar-refractivity contribution < 1.29 is 9.59 Å². The van der Waals surface area contributed by atoms with E-state index in [1.807, 2.05) is 60.8 Å². The monoisotopic (exact) mass is 445 g/mol. The fourth-order valence-corrected chi connectivity index (χ4v) is 4.26. The molecule has 1 heterocycles. The Hall–Kier alpha value is -2.35. The van der Waals surface area contributed by atoms with Crippen molar-refractivity contribution in [2.24, 2.45) is 0 Å². The van der Waals surface area contributed by atoms with Crippen molar-refractivity contribution in [3.63, 3.8) is 0 Å². The molecule has 0 fully saturated rings. The molecule has 2 N–H and O–H groups in total. The predicted octanol–water partition coefficient (Wildman–Crippen LogP) is 5.93. The average molecular weight is 446 g/mol. The number of thioether (sulfide) groups is 1. The smallest absolute Gasteiger partial charge is 0.236 e. The second-order valence-corrected chi connectivity index (χ2v) is 8.49. The SMILES string of the molecule is CCCC(=O)Nc1cccc(SCC(=O)Nc2nc(-c3ccccc3Cl)cs2)c1. The molecule has 0 bridgehead atoms. The maximum atomic E-state index is 12.3. The van der Waals surface area contributed by atoms with Gasteiger partial charge in [-0.3, -0.25) is 9.59 Å². The third kappa shape index (κ3) is 6.32. The summed E-state index contributed by atoms with van der Waals surface area (Å²) in [6.07, 6.45) is 1.29. The summed E-state index contributed by atoms with van der Waals surface area (Å²) in [5, 5.41) is 8.71. The van der Waals surface area contributed by atoms with E-state index in [4.69, 9.17) is 11.6 Å². The number of benzene rings is 2. The number of carbonyl (C=O) groups excluding carboxylic acids is 2. The number of nitrogens with zero attached hydrogens (tertiary/aromatic N) is 1. The first-order valence-corrected chi connectivity index (χ1v) is 11.3. The number of carbonyl (C=O) groups is 2. The van der Waals surface area contributed by atoms with Gasteiger partial charge in [0.25, 0.3) is 0 Å². The van der Waals surface area contributed by atoms with Crippen LogP contribution in [0.3, 0.4) is 0 Å². The summed E-state index contributed by atoms with van der Waals surface area (Å²) < 4.78 is 0. The minimum atomic E-state index is -0.143. The van der Waals surface area contributed by atoms with Gasteiger partial charge in [-0.2, -0.15) is 0 Å². The molecule has 5 nitrogen and oxygen atoms in total. The normalized spacial score (nSPS) is 10.6. The lowest BCUT2D eigenvalue weighted by Crippen LogP contribution is -2.14. The quantitative estimate of drug-likeness (QED) is 0.421. The maximum absolute atomic E-state index is 12.3. The van der Waals surface area contributed by atoms with Gasteiger partial charge in [-0.1, -0.05) is 42.8 Å². The van der Waals surface area contributed by atoms with Gasteiger partial charge >= 0.3 is 0 Å². The van der Waals surface area contributed by atoms with Crippen LogP contribution < -0.4 is 10.6 Å². The Labute approximate surface area is 182 Å². The minimum Gasteiger partial charge on any atom is -0.326 e. The van der Waals surface area contributed by atoms with E-state index in [0.717, 1.165) is 28.3 Å². The summed E-state index contributed by atoms with van der Waals surface area (Å²) in [5.74, 6) is 0.0915. The van der Waals surface area contributed by atoms with Crippen LogP contribution in [0.1, 0.15) is 19.8 Å². The van der Waals surface area contributed by atoms with Crippen molar-refractivity contribution >= 4 is 57.3 Å². The van der Waals surface area contributed by atoms with Gasteiger partial charge in [0.05, 0.1) is 11.4 Å². The summed E-state index contributed by atoms with van der Waals surface area (Å²) in [4.78, 5) is 29.4. The van der Waals surface area contributed by atoms with Gasteiger partial charge in [-0.05, 0) is 30.7 Å². The molecule has 150 valence electrons. The molecule has 1 aromatic heterocycles. The number of amides is 2. The standard InChI is InChI=1S/C21H20ClN3O2S2/c1-2-6-19(26)23-14-7-5-8-15(11-14)28-13-20(27)25-21-24-18(12-29-21)16-9-3-4-10-17(16)22/h3-5,7-12H,2,6,13H2,1H3,(H,23,26)(H,24,25,27). The lowest BCUT2D eigenvalue weighted by Gasteiger charge is -2.07. The Kier molecular flexibility index (Phi) is 7.69. The molecule has 29 heavy (non-hydrogen) atoms. The highest BCUT2D eigenvalue weighted by molar-refractivity contribution is 8.00. The maximum Gasteiger partial charge on any atom is 0.236 e. The molecule has 0 unspecified atom stereocenters. The van der Waals surface area contributed by atoms with E-state index in [-0.39, 0.29) is 17.6 Å². The van der Waals surface area contributed by atoms with E-state index in [2.05, 4.69) is 15.6 Å². The topological polar surface area (TPSA) is 71.1 Å². The summed E-state index contributed by atoms with van der Waals surface area (Å²) in [6, 6.07) is 14.9. The molecule has 3 aromatic rings. The molecule has 0 aliphatic rings. The fraction of sp³-hybridized carbons (Fsp3) is 0.190. The van der Waals surface area contributed by atoms with Crippen molar-refractivity contribution in [3.05, 3.63) is 58.9 Å². The highest BCUT2D eigenvalue weighted by Gasteiger charge is 2.11. The second-order valence-electron chi connectivity index (χ2n) is 6.18. The van der Waals surface area contributed by atoms with Gasteiger partial charge < -0.3 is 10.6 Å². The lowest BCUT2D eigenvalue weighted by molar-refractivity contribution is -0.116. The van der Waals surface area contributed by atoms with E-state index < -0.39 is 0 Å². The number of thiazole rings is 1. The highest BCUT2D eigenvalue weighted by atomic mass is 35.5. The fourth-order valence-electron chi connectivity index (χ4n) is 2.54. The van der Waals surface area contributed by atoms with Crippen LogP contribution in [0.15, 0.2) is 58.8 Å². The Bertz CT molecular complexity index is 1010. The van der Waals surface area contributed by atoms with E-state index in [1.54, 1.807) is 0 Å². The van der Waals surface area contributed by atoms with Crippen LogP contribution in [0, 0.1) is 0 Å². The third-order valence-corrected chi connectivity index (χ3v) is 5.95. The Morgan fingerprint density at radius 3 is 2.72 bits per heavy atom. The van der Waals surface area contributed by atoms with Crippen LogP contribution in [-0.2, 0) is 9.59 Å². The van der Waals surface area contributed by atoms with Crippen LogP contribution in [0.25, 0.3) is 11.3 Å². The van der Waals surface area contributed by atoms with Gasteiger partial charge in [0, 0.05) is 33.0 Å². The van der Waals surface area contributed by atoms with Crippen LogP contribution >= 0.6 is 34.7 Å². The van der Waals surface area contributed by atoms with Crippen molar-refractivity contribution in [2.75, 3.05) is 16.4 Å². The molecular weight excluding hydrogens is 426 g/mol. The number of anilines is 2. The zero-order valence-electron chi connectivity index (χ0n) is 15.8. The molecule has 0 saturated carbocycles. The van der Waals surface area contributed by atoms with Crippen molar-refractivity contribution in [3.8, 4) is 11.3 Å². The largest absolute Gasteiger partial charge is 0.326 e. The highest BCUT2D eigenvalue weighted by Crippen LogP contribution is 2.30. The van der Waals surface area contributed by atoms with E-state index >= 15 is 0 Å². The Balaban J connectivity index is 1.54. The number of rotatable bonds is 8. The van der Waals surface area contributed by atoms with Crippen molar-refractivity contribution in [2.45, 2.75) is 24.7 Å². The van der Waals surface area contributed by atoms with Crippen LogP contribution in [0.5, 0.6) is 0 Å². The van der Waals surface area contributed by atoms with Gasteiger partial charge in [0.15, 0.2) is 5.13 Å². The van der Waals surface area contributed by atoms with Crippen LogP contribution in [0.2, 0.25) is 5.02 Å².